The highest BCUT2D eigenvalue weighted by Gasteiger charge is 2.09. The maximum absolute atomic E-state index is 11.6. The van der Waals surface area contributed by atoms with Crippen molar-refractivity contribution in [2.75, 3.05) is 33.9 Å². The molecule has 1 N–H and O–H groups in total. The second-order valence-electron chi connectivity index (χ2n) is 4.10. The molecule has 0 radical (unpaired) electrons. The van der Waals surface area contributed by atoms with Crippen molar-refractivity contribution in [1.82, 2.24) is 15.2 Å². The lowest BCUT2D eigenvalue weighted by Gasteiger charge is -2.16. The van der Waals surface area contributed by atoms with Gasteiger partial charge in [-0.2, -0.15) is 0 Å². The fraction of sp³-hybridized carbons (Fsp3) is 0.500. The van der Waals surface area contributed by atoms with Crippen LogP contribution in [0.25, 0.3) is 0 Å². The highest BCUT2D eigenvalue weighted by molar-refractivity contribution is 6.32. The van der Waals surface area contributed by atoms with Crippen LogP contribution in [0, 0.1) is 0 Å². The monoisotopic (exact) mass is 305 g/mol. The van der Waals surface area contributed by atoms with Gasteiger partial charge in [0.25, 0.3) is 0 Å². The predicted octanol–water partition coefficient (Wildman–Crippen LogP) is 1.58. The minimum absolute atomic E-state index is 0.0578. The lowest BCUT2D eigenvalue weighted by atomic mass is 10.2. The van der Waals surface area contributed by atoms with Gasteiger partial charge in [0.05, 0.1) is 13.2 Å². The van der Waals surface area contributed by atoms with E-state index in [9.17, 15) is 4.79 Å². The molecule has 0 saturated carbocycles. The van der Waals surface area contributed by atoms with Gasteiger partial charge in [-0.25, -0.2) is 4.98 Å². The van der Waals surface area contributed by atoms with Crippen LogP contribution in [0.4, 0.5) is 0 Å². The van der Waals surface area contributed by atoms with Crippen LogP contribution in [0.15, 0.2) is 12.1 Å². The largest absolute Gasteiger partial charge is 0.383 e. The summed E-state index contributed by atoms with van der Waals surface area (Å²) in [4.78, 5) is 17.4. The molecule has 0 bridgehead atoms. The molecular formula is C12H17Cl2N3O2. The number of likely N-dealkylation sites (N-methyl/N-ethyl adjacent to an activating group) is 1. The number of methoxy groups -OCH3 is 1. The molecule has 0 aromatic carbocycles. The number of nitrogens with one attached hydrogen (secondary N) is 1. The third-order valence-electron chi connectivity index (χ3n) is 2.37. The molecule has 0 spiro atoms. The average Bonchev–Trinajstić information content (AvgIpc) is 2.33. The number of carbonyl (C=O) groups excluding carboxylic acids is 1. The molecule has 106 valence electrons. The molecular weight excluding hydrogens is 289 g/mol. The third-order valence-corrected chi connectivity index (χ3v) is 2.91. The Morgan fingerprint density at radius 1 is 1.47 bits per heavy atom. The average molecular weight is 306 g/mol. The van der Waals surface area contributed by atoms with E-state index in [1.807, 2.05) is 11.9 Å². The summed E-state index contributed by atoms with van der Waals surface area (Å²) in [5.74, 6) is -0.0578. The molecule has 0 atom stereocenters. The van der Waals surface area contributed by atoms with E-state index in [2.05, 4.69) is 10.3 Å². The number of carbonyl (C=O) groups is 1. The van der Waals surface area contributed by atoms with Gasteiger partial charge in [0.2, 0.25) is 5.91 Å². The zero-order valence-corrected chi connectivity index (χ0v) is 12.5. The Morgan fingerprint density at radius 2 is 2.21 bits per heavy atom. The molecule has 0 fully saturated rings. The summed E-state index contributed by atoms with van der Waals surface area (Å²) >= 11 is 11.7. The van der Waals surface area contributed by atoms with E-state index >= 15 is 0 Å². The lowest BCUT2D eigenvalue weighted by molar-refractivity contribution is -0.122. The first-order valence-corrected chi connectivity index (χ1v) is 6.53. The molecule has 0 saturated heterocycles. The van der Waals surface area contributed by atoms with Gasteiger partial charge in [0.1, 0.15) is 10.3 Å². The maximum atomic E-state index is 11.6. The van der Waals surface area contributed by atoms with Crippen LogP contribution in [-0.2, 0) is 16.1 Å². The molecule has 7 heteroatoms. The molecule has 1 amide bonds. The molecule has 5 nitrogen and oxygen atoms in total. The summed E-state index contributed by atoms with van der Waals surface area (Å²) in [6, 6.07) is 3.48. The number of amides is 1. The Kier molecular flexibility index (Phi) is 7.09. The molecule has 0 aliphatic heterocycles. The van der Waals surface area contributed by atoms with Gasteiger partial charge >= 0.3 is 0 Å². The fourth-order valence-corrected chi connectivity index (χ4v) is 1.90. The third kappa shape index (κ3) is 6.20. The smallest absolute Gasteiger partial charge is 0.234 e. The van der Waals surface area contributed by atoms with Crippen LogP contribution in [0.1, 0.15) is 5.56 Å². The molecule has 1 rings (SSSR count). The van der Waals surface area contributed by atoms with Gasteiger partial charge in [-0.1, -0.05) is 29.3 Å². The number of ether oxygens (including phenoxy) is 1. The normalized spacial score (nSPS) is 10.8. The van der Waals surface area contributed by atoms with Gasteiger partial charge in [-0.15, -0.1) is 0 Å². The lowest BCUT2D eigenvalue weighted by Crippen LogP contribution is -2.36. The van der Waals surface area contributed by atoms with Crippen molar-refractivity contribution in [2.45, 2.75) is 6.54 Å². The van der Waals surface area contributed by atoms with Crippen molar-refractivity contribution < 1.29 is 9.53 Å². The van der Waals surface area contributed by atoms with Gasteiger partial charge in [0, 0.05) is 25.8 Å². The summed E-state index contributed by atoms with van der Waals surface area (Å²) in [6.07, 6.45) is 0. The van der Waals surface area contributed by atoms with Crippen molar-refractivity contribution >= 4 is 29.1 Å². The first-order valence-electron chi connectivity index (χ1n) is 5.78. The van der Waals surface area contributed by atoms with Crippen LogP contribution in [0.5, 0.6) is 0 Å². The van der Waals surface area contributed by atoms with E-state index < -0.39 is 0 Å². The number of halogens is 2. The van der Waals surface area contributed by atoms with E-state index in [-0.39, 0.29) is 12.5 Å². The van der Waals surface area contributed by atoms with E-state index in [4.69, 9.17) is 27.9 Å². The number of rotatable bonds is 7. The first-order chi connectivity index (χ1) is 9.02. The van der Waals surface area contributed by atoms with Gasteiger partial charge in [-0.05, 0) is 13.1 Å². The van der Waals surface area contributed by atoms with Crippen LogP contribution >= 0.6 is 23.2 Å². The number of hydrogen-bond acceptors (Lipinski definition) is 4. The van der Waals surface area contributed by atoms with Crippen LogP contribution in [0.3, 0.4) is 0 Å². The van der Waals surface area contributed by atoms with Crippen molar-refractivity contribution in [3.05, 3.63) is 28.0 Å². The Morgan fingerprint density at radius 3 is 2.84 bits per heavy atom. The molecule has 1 aromatic rings. The predicted molar refractivity (Wildman–Crippen MR) is 75.5 cm³/mol. The minimum atomic E-state index is -0.0578. The highest BCUT2D eigenvalue weighted by atomic mass is 35.5. The first kappa shape index (κ1) is 16.2. The van der Waals surface area contributed by atoms with Crippen molar-refractivity contribution in [3.63, 3.8) is 0 Å². The number of aromatic nitrogens is 1. The maximum Gasteiger partial charge on any atom is 0.234 e. The van der Waals surface area contributed by atoms with Gasteiger partial charge in [-0.3, -0.25) is 9.69 Å². The second-order valence-corrected chi connectivity index (χ2v) is 4.84. The summed E-state index contributed by atoms with van der Waals surface area (Å²) in [5.41, 5.74) is 0.832. The summed E-state index contributed by atoms with van der Waals surface area (Å²) in [7, 11) is 3.43. The van der Waals surface area contributed by atoms with Crippen LogP contribution in [-0.4, -0.2) is 49.6 Å². The topological polar surface area (TPSA) is 54.5 Å². The second kappa shape index (κ2) is 8.32. The quantitative estimate of drug-likeness (QED) is 0.614. The summed E-state index contributed by atoms with van der Waals surface area (Å²) in [5, 5.41) is 3.46. The van der Waals surface area contributed by atoms with Crippen LogP contribution < -0.4 is 5.32 Å². The number of nitrogens with zero attached hydrogens (tertiary/aromatic N) is 2. The Hall–Kier alpha value is -0.880. The van der Waals surface area contributed by atoms with Crippen molar-refractivity contribution in [1.29, 1.82) is 0 Å². The van der Waals surface area contributed by atoms with Crippen molar-refractivity contribution in [3.8, 4) is 0 Å². The molecule has 0 aliphatic carbocycles. The summed E-state index contributed by atoms with van der Waals surface area (Å²) < 4.78 is 4.85. The molecule has 0 aliphatic rings. The number of hydrogen-bond donors (Lipinski definition) is 1. The summed E-state index contributed by atoms with van der Waals surface area (Å²) in [6.45, 7) is 1.82. The Labute approximate surface area is 122 Å². The van der Waals surface area contributed by atoms with E-state index in [1.165, 1.54) is 0 Å². The van der Waals surface area contributed by atoms with Gasteiger partial charge < -0.3 is 10.1 Å². The van der Waals surface area contributed by atoms with E-state index in [1.54, 1.807) is 19.2 Å². The highest BCUT2D eigenvalue weighted by Crippen LogP contribution is 2.17. The van der Waals surface area contributed by atoms with Crippen LogP contribution in [0.2, 0.25) is 10.3 Å². The number of pyridine rings is 1. The molecule has 1 aromatic heterocycles. The minimum Gasteiger partial charge on any atom is -0.383 e. The zero-order valence-electron chi connectivity index (χ0n) is 10.9. The Bertz CT molecular complexity index is 429. The molecule has 19 heavy (non-hydrogen) atoms. The SMILES string of the molecule is COCCNC(=O)CN(C)Cc1ccc(Cl)nc1Cl. The molecule has 1 heterocycles. The standard InChI is InChI=1S/C12H17Cl2N3O2/c1-17(8-11(18)15-5-6-19-2)7-9-3-4-10(13)16-12(9)14/h3-4H,5-8H2,1-2H3,(H,15,18). The van der Waals surface area contributed by atoms with Crippen molar-refractivity contribution in [2.24, 2.45) is 0 Å². The van der Waals surface area contributed by atoms with E-state index in [0.29, 0.717) is 30.0 Å². The van der Waals surface area contributed by atoms with Gasteiger partial charge in [0.15, 0.2) is 0 Å². The van der Waals surface area contributed by atoms with E-state index in [0.717, 1.165) is 5.56 Å². The Balaban J connectivity index is 2.42. The fourth-order valence-electron chi connectivity index (χ4n) is 1.50. The molecule has 0 unspecified atom stereocenters. The zero-order chi connectivity index (χ0) is 14.3.